The standard InChI is InChI=1S/C14H16N4O2S/c1-11-16-10-14(18-11)21(19,20)17-9-13-5-2-4-12(8-13)6-3-7-15/h2,4-5,8,10,17H,7,9,15H2,1H3,(H,16,18). The molecule has 0 saturated heterocycles. The fraction of sp³-hybridized carbons (Fsp3) is 0.214. The zero-order valence-electron chi connectivity index (χ0n) is 11.6. The summed E-state index contributed by atoms with van der Waals surface area (Å²) in [6.45, 7) is 2.16. The van der Waals surface area contributed by atoms with Crippen LogP contribution in [0.15, 0.2) is 35.5 Å². The van der Waals surface area contributed by atoms with Crippen molar-refractivity contribution in [1.82, 2.24) is 14.7 Å². The van der Waals surface area contributed by atoms with Crippen LogP contribution < -0.4 is 10.5 Å². The Hall–Kier alpha value is -2.14. The number of sulfonamides is 1. The van der Waals surface area contributed by atoms with Crippen LogP contribution in [0.4, 0.5) is 0 Å². The van der Waals surface area contributed by atoms with Gasteiger partial charge in [-0.25, -0.2) is 18.1 Å². The van der Waals surface area contributed by atoms with E-state index in [1.165, 1.54) is 6.20 Å². The summed E-state index contributed by atoms with van der Waals surface area (Å²) in [7, 11) is -3.59. The summed E-state index contributed by atoms with van der Waals surface area (Å²) in [6, 6.07) is 7.32. The zero-order chi connectivity index (χ0) is 15.3. The average Bonchev–Trinajstić information content (AvgIpc) is 2.91. The van der Waals surface area contributed by atoms with Crippen molar-refractivity contribution in [1.29, 1.82) is 0 Å². The van der Waals surface area contributed by atoms with Crippen molar-refractivity contribution in [2.45, 2.75) is 18.5 Å². The van der Waals surface area contributed by atoms with E-state index in [1.54, 1.807) is 6.92 Å². The number of nitrogens with zero attached hydrogens (tertiary/aromatic N) is 1. The fourth-order valence-corrected chi connectivity index (χ4v) is 2.69. The third kappa shape index (κ3) is 4.16. The van der Waals surface area contributed by atoms with Gasteiger partial charge in [-0.3, -0.25) is 0 Å². The van der Waals surface area contributed by atoms with Gasteiger partial charge >= 0.3 is 0 Å². The molecular formula is C14H16N4O2S. The Balaban J connectivity index is 2.09. The number of rotatable bonds is 4. The summed E-state index contributed by atoms with van der Waals surface area (Å²) < 4.78 is 26.6. The Bertz CT molecular complexity index is 785. The van der Waals surface area contributed by atoms with Crippen molar-refractivity contribution in [2.75, 3.05) is 6.54 Å². The number of imidazole rings is 1. The highest BCUT2D eigenvalue weighted by molar-refractivity contribution is 7.89. The summed E-state index contributed by atoms with van der Waals surface area (Å²) in [5, 5.41) is 0.0547. The van der Waals surface area contributed by atoms with E-state index in [9.17, 15) is 8.42 Å². The van der Waals surface area contributed by atoms with Crippen LogP contribution in [0.5, 0.6) is 0 Å². The first-order valence-corrected chi connectivity index (χ1v) is 7.79. The molecule has 1 aromatic carbocycles. The van der Waals surface area contributed by atoms with Crippen LogP contribution in [0.25, 0.3) is 0 Å². The van der Waals surface area contributed by atoms with Crippen molar-refractivity contribution in [3.63, 3.8) is 0 Å². The molecular weight excluding hydrogens is 288 g/mol. The number of aryl methyl sites for hydroxylation is 1. The highest BCUT2D eigenvalue weighted by Crippen LogP contribution is 2.08. The Morgan fingerprint density at radius 3 is 2.90 bits per heavy atom. The maximum atomic E-state index is 12.0. The molecule has 0 aliphatic heterocycles. The van der Waals surface area contributed by atoms with Gasteiger partial charge < -0.3 is 10.7 Å². The van der Waals surface area contributed by atoms with Crippen molar-refractivity contribution < 1.29 is 8.42 Å². The first-order valence-electron chi connectivity index (χ1n) is 6.30. The quantitative estimate of drug-likeness (QED) is 0.716. The van der Waals surface area contributed by atoms with Gasteiger partial charge in [0.15, 0.2) is 5.03 Å². The van der Waals surface area contributed by atoms with Gasteiger partial charge in [0, 0.05) is 12.1 Å². The zero-order valence-corrected chi connectivity index (χ0v) is 12.4. The maximum Gasteiger partial charge on any atom is 0.257 e. The van der Waals surface area contributed by atoms with E-state index in [2.05, 4.69) is 26.5 Å². The van der Waals surface area contributed by atoms with E-state index in [-0.39, 0.29) is 18.1 Å². The van der Waals surface area contributed by atoms with Crippen molar-refractivity contribution >= 4 is 10.0 Å². The highest BCUT2D eigenvalue weighted by Gasteiger charge is 2.15. The van der Waals surface area contributed by atoms with E-state index in [0.717, 1.165) is 11.1 Å². The topological polar surface area (TPSA) is 101 Å². The van der Waals surface area contributed by atoms with Crippen LogP contribution in [0.2, 0.25) is 0 Å². The number of benzene rings is 1. The summed E-state index contributed by atoms with van der Waals surface area (Å²) in [5.74, 6) is 6.22. The average molecular weight is 304 g/mol. The van der Waals surface area contributed by atoms with Gasteiger partial charge in [-0.15, -0.1) is 0 Å². The molecule has 0 saturated carbocycles. The molecule has 110 valence electrons. The minimum absolute atomic E-state index is 0.0547. The lowest BCUT2D eigenvalue weighted by molar-refractivity contribution is 0.578. The van der Waals surface area contributed by atoms with Crippen molar-refractivity contribution in [2.24, 2.45) is 5.73 Å². The van der Waals surface area contributed by atoms with Crippen molar-refractivity contribution in [3.05, 3.63) is 47.4 Å². The smallest absolute Gasteiger partial charge is 0.257 e. The van der Waals surface area contributed by atoms with Crippen molar-refractivity contribution in [3.8, 4) is 11.8 Å². The molecule has 2 aromatic rings. The van der Waals surface area contributed by atoms with Gasteiger partial charge in [0.1, 0.15) is 5.82 Å². The van der Waals surface area contributed by atoms with E-state index >= 15 is 0 Å². The Labute approximate surface area is 123 Å². The first kappa shape index (κ1) is 15.3. The first-order chi connectivity index (χ1) is 10.0. The number of nitrogens with two attached hydrogens (primary N) is 1. The van der Waals surface area contributed by atoms with Crippen LogP contribution in [0.3, 0.4) is 0 Å². The van der Waals surface area contributed by atoms with Crippen LogP contribution in [0, 0.1) is 18.8 Å². The number of nitrogens with one attached hydrogen (secondary N) is 2. The molecule has 0 radical (unpaired) electrons. The number of H-pyrrole nitrogens is 1. The van der Waals surface area contributed by atoms with Gasteiger partial charge in [0.05, 0.1) is 12.7 Å². The monoisotopic (exact) mass is 304 g/mol. The number of hydrogen-bond acceptors (Lipinski definition) is 4. The van der Waals surface area contributed by atoms with Crippen LogP contribution in [-0.2, 0) is 16.6 Å². The molecule has 0 atom stereocenters. The van der Waals surface area contributed by atoms with Crippen LogP contribution >= 0.6 is 0 Å². The summed E-state index contributed by atoms with van der Waals surface area (Å²) in [4.78, 5) is 6.57. The Morgan fingerprint density at radius 1 is 1.43 bits per heavy atom. The minimum Gasteiger partial charge on any atom is -0.332 e. The summed E-state index contributed by atoms with van der Waals surface area (Å²) >= 11 is 0. The molecule has 7 heteroatoms. The molecule has 0 amide bonds. The second-order valence-corrected chi connectivity index (χ2v) is 6.10. The van der Waals surface area contributed by atoms with Gasteiger partial charge in [-0.05, 0) is 24.6 Å². The summed E-state index contributed by atoms with van der Waals surface area (Å²) in [5.41, 5.74) is 6.94. The van der Waals surface area contributed by atoms with E-state index < -0.39 is 10.0 Å². The molecule has 0 spiro atoms. The van der Waals surface area contributed by atoms with Gasteiger partial charge in [0.2, 0.25) is 0 Å². The van der Waals surface area contributed by atoms with Crippen LogP contribution in [-0.4, -0.2) is 24.9 Å². The Kier molecular flexibility index (Phi) is 4.75. The van der Waals surface area contributed by atoms with Crippen LogP contribution in [0.1, 0.15) is 17.0 Å². The maximum absolute atomic E-state index is 12.0. The normalized spacial score (nSPS) is 11.0. The molecule has 0 fully saturated rings. The summed E-state index contributed by atoms with van der Waals surface area (Å²) in [6.07, 6.45) is 1.29. The van der Waals surface area contributed by atoms with Gasteiger partial charge in [0.25, 0.3) is 10.0 Å². The molecule has 0 aliphatic rings. The molecule has 4 N–H and O–H groups in total. The predicted octanol–water partition coefficient (Wildman–Crippen LogP) is 0.507. The molecule has 1 heterocycles. The van der Waals surface area contributed by atoms with Gasteiger partial charge in [-0.2, -0.15) is 0 Å². The second-order valence-electron chi connectivity index (χ2n) is 4.36. The van der Waals surface area contributed by atoms with E-state index in [1.807, 2.05) is 24.3 Å². The second kappa shape index (κ2) is 6.54. The fourth-order valence-electron chi connectivity index (χ4n) is 1.70. The lowest BCUT2D eigenvalue weighted by Crippen LogP contribution is -2.23. The van der Waals surface area contributed by atoms with Gasteiger partial charge in [-0.1, -0.05) is 24.0 Å². The lowest BCUT2D eigenvalue weighted by Gasteiger charge is -2.05. The largest absolute Gasteiger partial charge is 0.332 e. The Morgan fingerprint density at radius 2 is 2.24 bits per heavy atom. The highest BCUT2D eigenvalue weighted by atomic mass is 32.2. The molecule has 0 aliphatic carbocycles. The molecule has 6 nitrogen and oxygen atoms in total. The third-order valence-electron chi connectivity index (χ3n) is 2.70. The molecule has 1 aromatic heterocycles. The third-order valence-corrected chi connectivity index (χ3v) is 4.01. The molecule has 0 bridgehead atoms. The SMILES string of the molecule is Cc1ncc(S(=O)(=O)NCc2cccc(C#CCN)c2)[nH]1. The number of aromatic amines is 1. The predicted molar refractivity (Wildman–Crippen MR) is 79.7 cm³/mol. The lowest BCUT2D eigenvalue weighted by atomic mass is 10.1. The number of hydrogen-bond donors (Lipinski definition) is 3. The number of aromatic nitrogens is 2. The molecule has 21 heavy (non-hydrogen) atoms. The molecule has 2 rings (SSSR count). The molecule has 0 unspecified atom stereocenters. The minimum atomic E-state index is -3.59. The van der Waals surface area contributed by atoms with E-state index in [0.29, 0.717) is 5.82 Å². The van der Waals surface area contributed by atoms with E-state index in [4.69, 9.17) is 5.73 Å².